The summed E-state index contributed by atoms with van der Waals surface area (Å²) in [4.78, 5) is 29.4. The van der Waals surface area contributed by atoms with Crippen molar-refractivity contribution in [1.82, 2.24) is 4.90 Å². The molecule has 0 N–H and O–H groups in total. The zero-order valence-electron chi connectivity index (χ0n) is 13.2. The summed E-state index contributed by atoms with van der Waals surface area (Å²) in [5, 5.41) is 0. The van der Waals surface area contributed by atoms with Crippen molar-refractivity contribution in [3.05, 3.63) is 34.7 Å². The van der Waals surface area contributed by atoms with Gasteiger partial charge in [-0.05, 0) is 18.9 Å². The van der Waals surface area contributed by atoms with Gasteiger partial charge in [0.1, 0.15) is 4.32 Å². The van der Waals surface area contributed by atoms with E-state index in [2.05, 4.69) is 0 Å². The molecule has 23 heavy (non-hydrogen) atoms. The van der Waals surface area contributed by atoms with Crippen molar-refractivity contribution in [2.24, 2.45) is 0 Å². The van der Waals surface area contributed by atoms with Gasteiger partial charge in [0.15, 0.2) is 0 Å². The second kappa shape index (κ2) is 6.45. The number of thioether (sulfide) groups is 1. The normalized spacial score (nSPS) is 20.7. The van der Waals surface area contributed by atoms with E-state index in [0.717, 1.165) is 24.1 Å². The molecule has 2 aliphatic rings. The van der Waals surface area contributed by atoms with Gasteiger partial charge in [0.05, 0.1) is 16.2 Å². The number of fused-ring (bicyclic) bond motifs is 1. The molecule has 120 valence electrons. The minimum Gasteiger partial charge on any atom is -0.308 e. The molecule has 0 radical (unpaired) electrons. The van der Waals surface area contributed by atoms with E-state index in [1.54, 1.807) is 9.80 Å². The van der Waals surface area contributed by atoms with Crippen molar-refractivity contribution in [2.75, 3.05) is 18.0 Å². The van der Waals surface area contributed by atoms with Crippen LogP contribution in [0.4, 0.5) is 5.69 Å². The molecule has 0 unspecified atom stereocenters. The van der Waals surface area contributed by atoms with Gasteiger partial charge >= 0.3 is 0 Å². The number of benzene rings is 1. The molecule has 0 bridgehead atoms. The summed E-state index contributed by atoms with van der Waals surface area (Å²) in [7, 11) is 0. The molecule has 1 aromatic rings. The average Bonchev–Trinajstić information content (AvgIpc) is 2.97. The average molecular weight is 346 g/mol. The summed E-state index contributed by atoms with van der Waals surface area (Å²) in [6, 6.07) is 7.65. The molecule has 0 spiro atoms. The smallest absolute Gasteiger partial charge is 0.267 e. The zero-order valence-corrected chi connectivity index (χ0v) is 14.8. The molecule has 0 saturated carbocycles. The van der Waals surface area contributed by atoms with E-state index in [1.165, 1.54) is 11.8 Å². The maximum atomic E-state index is 12.9. The predicted octanol–water partition coefficient (Wildman–Crippen LogP) is 3.42. The highest BCUT2D eigenvalue weighted by Crippen LogP contribution is 2.44. The highest BCUT2D eigenvalue weighted by Gasteiger charge is 2.41. The predicted molar refractivity (Wildman–Crippen MR) is 98.2 cm³/mol. The van der Waals surface area contributed by atoms with Crippen LogP contribution in [0.2, 0.25) is 0 Å². The molecule has 2 heterocycles. The molecule has 6 heteroatoms. The van der Waals surface area contributed by atoms with Gasteiger partial charge in [-0.15, -0.1) is 0 Å². The summed E-state index contributed by atoms with van der Waals surface area (Å²) < 4.78 is 0.540. The van der Waals surface area contributed by atoms with Crippen LogP contribution in [0, 0.1) is 0 Å². The number of amides is 2. The number of hydrogen-bond acceptors (Lipinski definition) is 4. The summed E-state index contributed by atoms with van der Waals surface area (Å²) in [5.74, 6) is -0.233. The lowest BCUT2D eigenvalue weighted by Crippen LogP contribution is -2.30. The highest BCUT2D eigenvalue weighted by molar-refractivity contribution is 8.26. The molecule has 0 atom stereocenters. The van der Waals surface area contributed by atoms with Crippen molar-refractivity contribution in [2.45, 2.75) is 26.7 Å². The van der Waals surface area contributed by atoms with E-state index in [4.69, 9.17) is 12.2 Å². The third-order valence-corrected chi connectivity index (χ3v) is 5.34. The molecule has 2 amide bonds. The fraction of sp³-hybridized carbons (Fsp3) is 0.353. The molecular weight excluding hydrogens is 328 g/mol. The van der Waals surface area contributed by atoms with Crippen molar-refractivity contribution in [1.29, 1.82) is 0 Å². The minimum atomic E-state index is -0.140. The standard InChI is InChI=1S/C17H18N2O2S2/c1-3-9-18-12-8-6-5-7-11(12)13(15(18)20)14-16(21)19(10-4-2)17(22)23-14/h5-8H,3-4,9-10H2,1-2H3. The van der Waals surface area contributed by atoms with E-state index in [9.17, 15) is 9.59 Å². The number of hydrogen-bond donors (Lipinski definition) is 0. The van der Waals surface area contributed by atoms with Crippen molar-refractivity contribution in [3.63, 3.8) is 0 Å². The fourth-order valence-electron chi connectivity index (χ4n) is 2.91. The van der Waals surface area contributed by atoms with Crippen LogP contribution in [-0.2, 0) is 9.59 Å². The van der Waals surface area contributed by atoms with Gasteiger partial charge in [0.25, 0.3) is 11.8 Å². The van der Waals surface area contributed by atoms with Crippen molar-refractivity contribution >= 4 is 51.4 Å². The molecule has 1 fully saturated rings. The van der Waals surface area contributed by atoms with Crippen LogP contribution in [0.15, 0.2) is 29.2 Å². The molecular formula is C17H18N2O2S2. The van der Waals surface area contributed by atoms with Gasteiger partial charge in [0.2, 0.25) is 0 Å². The first-order chi connectivity index (χ1) is 11.1. The van der Waals surface area contributed by atoms with E-state index >= 15 is 0 Å². The van der Waals surface area contributed by atoms with Crippen LogP contribution < -0.4 is 4.90 Å². The number of carbonyl (C=O) groups is 2. The first kappa shape index (κ1) is 16.2. The third kappa shape index (κ3) is 2.60. The summed E-state index contributed by atoms with van der Waals surface area (Å²) in [5.41, 5.74) is 2.23. The lowest BCUT2D eigenvalue weighted by molar-refractivity contribution is -0.122. The molecule has 0 aromatic heterocycles. The second-order valence-electron chi connectivity index (χ2n) is 5.50. The Bertz CT molecular complexity index is 727. The minimum absolute atomic E-state index is 0.0925. The van der Waals surface area contributed by atoms with Crippen LogP contribution in [0.5, 0.6) is 0 Å². The SMILES string of the molecule is CCCN1C(=O)C(=C2C(=O)N(CCC)c3ccccc32)SC1=S. The Hall–Kier alpha value is -1.66. The van der Waals surface area contributed by atoms with E-state index in [-0.39, 0.29) is 11.8 Å². The van der Waals surface area contributed by atoms with Gasteiger partial charge in [0, 0.05) is 18.7 Å². The van der Waals surface area contributed by atoms with Crippen molar-refractivity contribution in [3.8, 4) is 0 Å². The Labute approximate surface area is 145 Å². The molecule has 1 aromatic carbocycles. The van der Waals surface area contributed by atoms with Crippen LogP contribution in [0.3, 0.4) is 0 Å². The van der Waals surface area contributed by atoms with Gasteiger partial charge in [-0.2, -0.15) is 0 Å². The zero-order chi connectivity index (χ0) is 16.6. The highest BCUT2D eigenvalue weighted by atomic mass is 32.2. The maximum Gasteiger partial charge on any atom is 0.267 e. The Morgan fingerprint density at radius 1 is 1.00 bits per heavy atom. The van der Waals surface area contributed by atoms with Gasteiger partial charge in [-0.25, -0.2) is 0 Å². The summed E-state index contributed by atoms with van der Waals surface area (Å²) >= 11 is 6.57. The fourth-order valence-corrected chi connectivity index (χ4v) is 4.29. The van der Waals surface area contributed by atoms with Crippen LogP contribution in [-0.4, -0.2) is 34.1 Å². The van der Waals surface area contributed by atoms with Gasteiger partial charge in [-0.3, -0.25) is 14.5 Å². The Kier molecular flexibility index (Phi) is 4.55. The number of anilines is 1. The quantitative estimate of drug-likeness (QED) is 0.619. The number of thiocarbonyl (C=S) groups is 1. The Morgan fingerprint density at radius 2 is 1.65 bits per heavy atom. The Morgan fingerprint density at radius 3 is 2.35 bits per heavy atom. The van der Waals surface area contributed by atoms with Gasteiger partial charge < -0.3 is 4.90 Å². The molecule has 2 aliphatic heterocycles. The van der Waals surface area contributed by atoms with E-state index in [1.807, 2.05) is 38.1 Å². The molecule has 1 saturated heterocycles. The Balaban J connectivity index is 2.11. The van der Waals surface area contributed by atoms with E-state index in [0.29, 0.717) is 27.9 Å². The number of nitrogens with zero attached hydrogens (tertiary/aromatic N) is 2. The van der Waals surface area contributed by atoms with Crippen LogP contribution >= 0.6 is 24.0 Å². The lowest BCUT2D eigenvalue weighted by Gasteiger charge is -2.15. The third-order valence-electron chi connectivity index (χ3n) is 3.89. The first-order valence-corrected chi connectivity index (χ1v) is 9.01. The second-order valence-corrected chi connectivity index (χ2v) is 7.15. The molecule has 4 nitrogen and oxygen atoms in total. The maximum absolute atomic E-state index is 12.9. The largest absolute Gasteiger partial charge is 0.308 e. The topological polar surface area (TPSA) is 40.6 Å². The van der Waals surface area contributed by atoms with Gasteiger partial charge in [-0.1, -0.05) is 56.0 Å². The lowest BCUT2D eigenvalue weighted by atomic mass is 10.1. The number of carbonyl (C=O) groups excluding carboxylic acids is 2. The van der Waals surface area contributed by atoms with Crippen LogP contribution in [0.1, 0.15) is 32.3 Å². The monoisotopic (exact) mass is 346 g/mol. The number of para-hydroxylation sites is 1. The van der Waals surface area contributed by atoms with Crippen LogP contribution in [0.25, 0.3) is 5.57 Å². The summed E-state index contributed by atoms with van der Waals surface area (Å²) in [6.07, 6.45) is 1.70. The first-order valence-electron chi connectivity index (χ1n) is 7.79. The number of rotatable bonds is 4. The summed E-state index contributed by atoms with van der Waals surface area (Å²) in [6.45, 7) is 5.28. The molecule has 0 aliphatic carbocycles. The molecule has 3 rings (SSSR count). The van der Waals surface area contributed by atoms with Crippen molar-refractivity contribution < 1.29 is 9.59 Å². The van der Waals surface area contributed by atoms with E-state index < -0.39 is 0 Å².